The molecule has 1 aromatic heterocycles. The first-order valence-electron chi connectivity index (χ1n) is 12.0. The lowest BCUT2D eigenvalue weighted by molar-refractivity contribution is -0.123. The standard InChI is InChI=1S/C28H26FN3O6/c1-3-18-22(32-26(34)24(18)29)10-11-38-27-20-13-23(37-2)21(25(30)33)12-19(20)17(14-31-27)9-6-15-4-7-16(8-5-15)28(35)36/h4-5,7-8,12-14,18,22,24H,3,10-11H2,1-2H3,(H2,30,33)(H,32,34)(H,35,36)/t18-,22+,24-/m0/s1. The van der Waals surface area contributed by atoms with Gasteiger partial charge in [-0.2, -0.15) is 0 Å². The van der Waals surface area contributed by atoms with Crippen molar-refractivity contribution in [3.8, 4) is 23.5 Å². The van der Waals surface area contributed by atoms with Crippen LogP contribution in [0.3, 0.4) is 0 Å². The second-order valence-electron chi connectivity index (χ2n) is 8.80. The molecule has 0 saturated carbocycles. The summed E-state index contributed by atoms with van der Waals surface area (Å²) in [5.41, 5.74) is 6.92. The van der Waals surface area contributed by atoms with Crippen molar-refractivity contribution in [2.45, 2.75) is 32.0 Å². The van der Waals surface area contributed by atoms with Gasteiger partial charge in [-0.25, -0.2) is 14.2 Å². The van der Waals surface area contributed by atoms with E-state index in [9.17, 15) is 18.8 Å². The van der Waals surface area contributed by atoms with Crippen LogP contribution in [0.25, 0.3) is 10.8 Å². The highest BCUT2D eigenvalue weighted by Gasteiger charge is 2.41. The van der Waals surface area contributed by atoms with Crippen molar-refractivity contribution in [3.05, 3.63) is 64.8 Å². The molecule has 1 aliphatic rings. The lowest BCUT2D eigenvalue weighted by atomic mass is 9.94. The average molecular weight is 520 g/mol. The number of halogens is 1. The average Bonchev–Trinajstić information content (AvgIpc) is 3.19. The van der Waals surface area contributed by atoms with Gasteiger partial charge in [-0.1, -0.05) is 18.8 Å². The van der Waals surface area contributed by atoms with E-state index in [1.165, 1.54) is 25.4 Å². The summed E-state index contributed by atoms with van der Waals surface area (Å²) in [6.45, 7) is 2.00. The molecule has 9 nitrogen and oxygen atoms in total. The largest absolute Gasteiger partial charge is 0.496 e. The molecule has 2 aromatic carbocycles. The highest BCUT2D eigenvalue weighted by Crippen LogP contribution is 2.33. The van der Waals surface area contributed by atoms with Crippen molar-refractivity contribution >= 4 is 28.6 Å². The number of nitrogens with one attached hydrogen (secondary N) is 1. The monoisotopic (exact) mass is 519 g/mol. The summed E-state index contributed by atoms with van der Waals surface area (Å²) in [7, 11) is 1.41. The predicted octanol–water partition coefficient (Wildman–Crippen LogP) is 3.07. The summed E-state index contributed by atoms with van der Waals surface area (Å²) in [6, 6.07) is 8.90. The SMILES string of the molecule is CC[C@@H]1[C@H](F)C(=O)N[C@@H]1CCOc1ncc(C#Cc2ccc(C(=O)O)cc2)c2cc(C(N)=O)c(OC)cc12. The zero-order chi connectivity index (χ0) is 27.4. The number of rotatable bonds is 8. The predicted molar refractivity (Wildman–Crippen MR) is 137 cm³/mol. The first kappa shape index (κ1) is 26.4. The molecule has 196 valence electrons. The molecular weight excluding hydrogens is 493 g/mol. The number of pyridine rings is 1. The molecule has 1 aliphatic heterocycles. The molecule has 3 atom stereocenters. The second-order valence-corrected chi connectivity index (χ2v) is 8.80. The Labute approximate surface area is 218 Å². The number of alkyl halides is 1. The van der Waals surface area contributed by atoms with Crippen molar-refractivity contribution in [2.75, 3.05) is 13.7 Å². The van der Waals surface area contributed by atoms with E-state index in [4.69, 9.17) is 20.3 Å². The Morgan fingerprint density at radius 3 is 2.55 bits per heavy atom. The Hall–Kier alpha value is -4.65. The summed E-state index contributed by atoms with van der Waals surface area (Å²) in [4.78, 5) is 39.3. The zero-order valence-corrected chi connectivity index (χ0v) is 20.8. The molecule has 0 unspecified atom stereocenters. The van der Waals surface area contributed by atoms with Gasteiger partial charge < -0.3 is 25.6 Å². The van der Waals surface area contributed by atoms with Crippen molar-refractivity contribution < 1.29 is 33.4 Å². The van der Waals surface area contributed by atoms with Crippen molar-refractivity contribution in [1.82, 2.24) is 10.3 Å². The van der Waals surface area contributed by atoms with Crippen LogP contribution in [-0.2, 0) is 4.79 Å². The minimum atomic E-state index is -1.53. The Morgan fingerprint density at radius 2 is 1.92 bits per heavy atom. The molecule has 4 rings (SSSR count). The Bertz CT molecular complexity index is 1460. The second kappa shape index (κ2) is 11.2. The van der Waals surface area contributed by atoms with Crippen LogP contribution in [0, 0.1) is 17.8 Å². The molecule has 0 spiro atoms. The number of aromatic carboxylic acids is 1. The van der Waals surface area contributed by atoms with Crippen molar-refractivity contribution in [3.63, 3.8) is 0 Å². The van der Waals surface area contributed by atoms with Crippen LogP contribution in [0.4, 0.5) is 4.39 Å². The van der Waals surface area contributed by atoms with Gasteiger partial charge in [-0.15, -0.1) is 0 Å². The number of nitrogens with zero attached hydrogens (tertiary/aromatic N) is 1. The molecule has 1 fully saturated rings. The quantitative estimate of drug-likeness (QED) is 0.389. The molecule has 0 radical (unpaired) electrons. The number of carboxylic acids is 1. The maximum absolute atomic E-state index is 14.1. The van der Waals surface area contributed by atoms with Crippen LogP contribution in [0.15, 0.2) is 42.6 Å². The van der Waals surface area contributed by atoms with E-state index in [0.717, 1.165) is 0 Å². The molecule has 2 heterocycles. The fraction of sp³-hybridized carbons (Fsp3) is 0.286. The third-order valence-corrected chi connectivity index (χ3v) is 6.52. The van der Waals surface area contributed by atoms with Gasteiger partial charge in [0.2, 0.25) is 5.88 Å². The summed E-state index contributed by atoms with van der Waals surface area (Å²) < 4.78 is 25.4. The summed E-state index contributed by atoms with van der Waals surface area (Å²) in [5, 5.41) is 12.8. The molecule has 38 heavy (non-hydrogen) atoms. The van der Waals surface area contributed by atoms with E-state index >= 15 is 0 Å². The number of carbonyl (C=O) groups excluding carboxylic acids is 2. The molecule has 0 aliphatic carbocycles. The van der Waals surface area contributed by atoms with E-state index in [1.807, 2.05) is 6.92 Å². The number of hydrogen-bond donors (Lipinski definition) is 3. The van der Waals surface area contributed by atoms with Gasteiger partial charge in [-0.3, -0.25) is 9.59 Å². The number of carbonyl (C=O) groups is 3. The van der Waals surface area contributed by atoms with Crippen LogP contribution in [0.2, 0.25) is 0 Å². The Balaban J connectivity index is 1.67. The maximum atomic E-state index is 14.1. The van der Waals surface area contributed by atoms with Crippen LogP contribution in [0.5, 0.6) is 11.6 Å². The van der Waals surface area contributed by atoms with E-state index in [-0.39, 0.29) is 35.4 Å². The van der Waals surface area contributed by atoms with Crippen molar-refractivity contribution in [1.29, 1.82) is 0 Å². The number of carboxylic acid groups (broad SMARTS) is 1. The number of primary amides is 1. The molecule has 10 heteroatoms. The summed E-state index contributed by atoms with van der Waals surface area (Å²) >= 11 is 0. The number of nitrogens with two attached hydrogens (primary N) is 1. The molecule has 0 bridgehead atoms. The van der Waals surface area contributed by atoms with Crippen LogP contribution < -0.4 is 20.5 Å². The first-order valence-corrected chi connectivity index (χ1v) is 12.0. The lowest BCUT2D eigenvalue weighted by Gasteiger charge is -2.18. The van der Waals surface area contributed by atoms with Gasteiger partial charge in [0.1, 0.15) is 5.75 Å². The number of ether oxygens (including phenoxy) is 2. The van der Waals surface area contributed by atoms with Gasteiger partial charge >= 0.3 is 5.97 Å². The van der Waals surface area contributed by atoms with Gasteiger partial charge in [0.25, 0.3) is 11.8 Å². The highest BCUT2D eigenvalue weighted by molar-refractivity contribution is 6.03. The van der Waals surface area contributed by atoms with E-state index in [0.29, 0.717) is 34.7 Å². The molecule has 1 saturated heterocycles. The lowest BCUT2D eigenvalue weighted by Crippen LogP contribution is -2.30. The van der Waals surface area contributed by atoms with E-state index in [2.05, 4.69) is 22.1 Å². The number of aromatic nitrogens is 1. The van der Waals surface area contributed by atoms with Crippen LogP contribution in [0.1, 0.15) is 51.6 Å². The summed E-state index contributed by atoms with van der Waals surface area (Å²) in [5.74, 6) is 3.72. The number of methoxy groups -OCH3 is 1. The smallest absolute Gasteiger partial charge is 0.335 e. The highest BCUT2D eigenvalue weighted by atomic mass is 19.1. The minimum Gasteiger partial charge on any atom is -0.496 e. The van der Waals surface area contributed by atoms with Gasteiger partial charge in [0.05, 0.1) is 30.4 Å². The molecule has 4 N–H and O–H groups in total. The zero-order valence-electron chi connectivity index (χ0n) is 20.8. The van der Waals surface area contributed by atoms with E-state index < -0.39 is 29.9 Å². The normalized spacial score (nSPS) is 18.4. The fourth-order valence-electron chi connectivity index (χ4n) is 4.48. The number of fused-ring (bicyclic) bond motifs is 1. The number of benzene rings is 2. The number of hydrogen-bond acceptors (Lipinski definition) is 6. The third kappa shape index (κ3) is 5.37. The first-order chi connectivity index (χ1) is 18.2. The van der Waals surface area contributed by atoms with Gasteiger partial charge in [0, 0.05) is 40.9 Å². The Morgan fingerprint density at radius 1 is 1.18 bits per heavy atom. The topological polar surface area (TPSA) is 141 Å². The summed E-state index contributed by atoms with van der Waals surface area (Å²) in [6.07, 6.45) is 0.875. The van der Waals surface area contributed by atoms with Crippen LogP contribution >= 0.6 is 0 Å². The third-order valence-electron chi connectivity index (χ3n) is 6.52. The molecule has 3 aromatic rings. The molecule has 2 amide bonds. The van der Waals surface area contributed by atoms with Crippen LogP contribution in [-0.4, -0.2) is 53.8 Å². The Kier molecular flexibility index (Phi) is 7.76. The van der Waals surface area contributed by atoms with E-state index in [1.54, 1.807) is 24.3 Å². The molecular formula is C28H26FN3O6. The van der Waals surface area contributed by atoms with Crippen molar-refractivity contribution in [2.24, 2.45) is 11.7 Å². The number of amides is 2. The fourth-order valence-corrected chi connectivity index (χ4v) is 4.48. The maximum Gasteiger partial charge on any atom is 0.335 e. The van der Waals surface area contributed by atoms with Gasteiger partial charge in [0.15, 0.2) is 6.17 Å². The minimum absolute atomic E-state index is 0.145. The van der Waals surface area contributed by atoms with Gasteiger partial charge in [-0.05, 0) is 42.8 Å².